The monoisotopic (exact) mass is 215 g/mol. The van der Waals surface area contributed by atoms with Crippen LogP contribution in [0.15, 0.2) is 24.5 Å². The van der Waals surface area contributed by atoms with E-state index in [0.717, 1.165) is 5.56 Å². The van der Waals surface area contributed by atoms with Crippen LogP contribution < -0.4 is 0 Å². The summed E-state index contributed by atoms with van der Waals surface area (Å²) in [6.07, 6.45) is 4.51. The molecule has 1 aliphatic heterocycles. The molecule has 1 fully saturated rings. The molecule has 1 aliphatic rings. The minimum Gasteiger partial charge on any atom is -0.300 e. The standard InChI is InChI=1S/C12H13N3O/c13-8-12(10-2-1-5-14-9-10)15-6-3-11(16)4-7-15/h1-2,5,9,12H,3-4,6-7H2. The summed E-state index contributed by atoms with van der Waals surface area (Å²) < 4.78 is 0. The number of aromatic nitrogens is 1. The van der Waals surface area contributed by atoms with Gasteiger partial charge >= 0.3 is 0 Å². The van der Waals surface area contributed by atoms with Crippen molar-refractivity contribution in [2.45, 2.75) is 18.9 Å². The van der Waals surface area contributed by atoms with E-state index in [4.69, 9.17) is 0 Å². The number of hydrogen-bond acceptors (Lipinski definition) is 4. The SMILES string of the molecule is N#CC(c1cccnc1)N1CCC(=O)CC1. The third-order valence-electron chi connectivity index (χ3n) is 2.84. The van der Waals surface area contributed by atoms with Crippen LogP contribution >= 0.6 is 0 Å². The van der Waals surface area contributed by atoms with Crippen molar-refractivity contribution in [1.29, 1.82) is 5.26 Å². The molecule has 0 aliphatic carbocycles. The molecule has 0 amide bonds. The fraction of sp³-hybridized carbons (Fsp3) is 0.417. The molecule has 0 saturated carbocycles. The number of likely N-dealkylation sites (tertiary alicyclic amines) is 1. The van der Waals surface area contributed by atoms with Gasteiger partial charge in [-0.05, 0) is 6.07 Å². The summed E-state index contributed by atoms with van der Waals surface area (Å²) in [5.41, 5.74) is 0.902. The van der Waals surface area contributed by atoms with E-state index in [9.17, 15) is 10.1 Å². The highest BCUT2D eigenvalue weighted by Crippen LogP contribution is 2.22. The molecule has 2 rings (SSSR count). The number of piperidine rings is 1. The lowest BCUT2D eigenvalue weighted by Crippen LogP contribution is -2.36. The molecule has 0 aromatic carbocycles. The topological polar surface area (TPSA) is 57.0 Å². The predicted octanol–water partition coefficient (Wildman–Crippen LogP) is 1.31. The normalized spacial score (nSPS) is 19.1. The third kappa shape index (κ3) is 2.26. The van der Waals surface area contributed by atoms with E-state index in [1.165, 1.54) is 0 Å². The van der Waals surface area contributed by atoms with Crippen LogP contribution in [0.2, 0.25) is 0 Å². The van der Waals surface area contributed by atoms with E-state index < -0.39 is 0 Å². The van der Waals surface area contributed by atoms with Crippen molar-refractivity contribution in [1.82, 2.24) is 9.88 Å². The van der Waals surface area contributed by atoms with E-state index in [-0.39, 0.29) is 6.04 Å². The molecule has 0 spiro atoms. The number of nitriles is 1. The predicted molar refractivity (Wildman–Crippen MR) is 58.4 cm³/mol. The van der Waals surface area contributed by atoms with Crippen molar-refractivity contribution in [3.8, 4) is 6.07 Å². The number of pyridine rings is 1. The lowest BCUT2D eigenvalue weighted by atomic mass is 10.0. The molecule has 0 radical (unpaired) electrons. The molecule has 1 aromatic rings. The van der Waals surface area contributed by atoms with Crippen LogP contribution in [0.25, 0.3) is 0 Å². The van der Waals surface area contributed by atoms with Gasteiger partial charge < -0.3 is 0 Å². The Morgan fingerprint density at radius 1 is 1.44 bits per heavy atom. The van der Waals surface area contributed by atoms with Gasteiger partial charge in [0.15, 0.2) is 0 Å². The van der Waals surface area contributed by atoms with Crippen LogP contribution in [0.5, 0.6) is 0 Å². The Kier molecular flexibility index (Phi) is 3.28. The Hall–Kier alpha value is -1.73. The zero-order chi connectivity index (χ0) is 11.4. The molecule has 1 aromatic heterocycles. The van der Waals surface area contributed by atoms with Gasteiger partial charge in [-0.25, -0.2) is 0 Å². The summed E-state index contributed by atoms with van der Waals surface area (Å²) in [6.45, 7) is 1.35. The van der Waals surface area contributed by atoms with Crippen LogP contribution in [0, 0.1) is 11.3 Å². The molecule has 4 heteroatoms. The van der Waals surface area contributed by atoms with Gasteiger partial charge in [-0.1, -0.05) is 6.07 Å². The fourth-order valence-electron chi connectivity index (χ4n) is 1.94. The van der Waals surface area contributed by atoms with Crippen LogP contribution in [-0.4, -0.2) is 28.8 Å². The van der Waals surface area contributed by atoms with E-state index in [1.807, 2.05) is 17.0 Å². The van der Waals surface area contributed by atoms with Crippen molar-refractivity contribution >= 4 is 5.78 Å². The Balaban J connectivity index is 2.12. The maximum absolute atomic E-state index is 11.1. The first-order valence-electron chi connectivity index (χ1n) is 5.36. The summed E-state index contributed by atoms with van der Waals surface area (Å²) in [4.78, 5) is 17.2. The molecular formula is C12H13N3O. The fourth-order valence-corrected chi connectivity index (χ4v) is 1.94. The number of rotatable bonds is 2. The lowest BCUT2D eigenvalue weighted by Gasteiger charge is -2.29. The molecule has 1 atom stereocenters. The second-order valence-corrected chi connectivity index (χ2v) is 3.89. The highest BCUT2D eigenvalue weighted by Gasteiger charge is 2.24. The smallest absolute Gasteiger partial charge is 0.135 e. The number of Topliss-reactive ketones (excluding diaryl/α,β-unsaturated/α-hetero) is 1. The van der Waals surface area contributed by atoms with E-state index in [0.29, 0.717) is 31.7 Å². The maximum Gasteiger partial charge on any atom is 0.135 e. The quantitative estimate of drug-likeness (QED) is 0.746. The molecular weight excluding hydrogens is 202 g/mol. The van der Waals surface area contributed by atoms with Gasteiger partial charge in [0.2, 0.25) is 0 Å². The average Bonchev–Trinajstić information content (AvgIpc) is 2.34. The minimum absolute atomic E-state index is 0.276. The van der Waals surface area contributed by atoms with Gasteiger partial charge in [0.05, 0.1) is 6.07 Å². The molecule has 2 heterocycles. The van der Waals surface area contributed by atoms with Crippen molar-refractivity contribution in [2.75, 3.05) is 13.1 Å². The summed E-state index contributed by atoms with van der Waals surface area (Å²) in [5, 5.41) is 9.19. The molecule has 1 unspecified atom stereocenters. The number of ketones is 1. The number of hydrogen-bond donors (Lipinski definition) is 0. The van der Waals surface area contributed by atoms with Crippen molar-refractivity contribution in [2.24, 2.45) is 0 Å². The van der Waals surface area contributed by atoms with Gasteiger partial charge in [-0.15, -0.1) is 0 Å². The van der Waals surface area contributed by atoms with E-state index >= 15 is 0 Å². The number of carbonyl (C=O) groups is 1. The molecule has 0 N–H and O–H groups in total. The maximum atomic E-state index is 11.1. The van der Waals surface area contributed by atoms with E-state index in [2.05, 4.69) is 11.1 Å². The van der Waals surface area contributed by atoms with Gasteiger partial charge in [-0.3, -0.25) is 14.7 Å². The first-order chi connectivity index (χ1) is 7.81. The summed E-state index contributed by atoms with van der Waals surface area (Å²) >= 11 is 0. The second-order valence-electron chi connectivity index (χ2n) is 3.89. The molecule has 4 nitrogen and oxygen atoms in total. The number of nitrogens with zero attached hydrogens (tertiary/aromatic N) is 3. The van der Waals surface area contributed by atoms with Crippen LogP contribution in [0.1, 0.15) is 24.4 Å². The summed E-state index contributed by atoms with van der Waals surface area (Å²) in [6, 6.07) is 5.73. The van der Waals surface area contributed by atoms with Crippen molar-refractivity contribution in [3.63, 3.8) is 0 Å². The van der Waals surface area contributed by atoms with Gasteiger partial charge in [0.1, 0.15) is 11.8 Å². The Morgan fingerprint density at radius 3 is 2.75 bits per heavy atom. The highest BCUT2D eigenvalue weighted by atomic mass is 16.1. The van der Waals surface area contributed by atoms with Gasteiger partial charge in [0.25, 0.3) is 0 Å². The zero-order valence-electron chi connectivity index (χ0n) is 8.97. The third-order valence-corrected chi connectivity index (χ3v) is 2.84. The zero-order valence-corrected chi connectivity index (χ0v) is 8.97. The molecule has 82 valence electrons. The Morgan fingerprint density at radius 2 is 2.19 bits per heavy atom. The van der Waals surface area contributed by atoms with Crippen LogP contribution in [0.4, 0.5) is 0 Å². The van der Waals surface area contributed by atoms with E-state index in [1.54, 1.807) is 12.4 Å². The largest absolute Gasteiger partial charge is 0.300 e. The van der Waals surface area contributed by atoms with Gasteiger partial charge in [0, 0.05) is 43.9 Å². The Labute approximate surface area is 94.5 Å². The first kappa shape index (κ1) is 10.8. The average molecular weight is 215 g/mol. The minimum atomic E-state index is -0.276. The van der Waals surface area contributed by atoms with Crippen LogP contribution in [0.3, 0.4) is 0 Å². The van der Waals surface area contributed by atoms with Gasteiger partial charge in [-0.2, -0.15) is 5.26 Å². The lowest BCUT2D eigenvalue weighted by molar-refractivity contribution is -0.121. The van der Waals surface area contributed by atoms with Crippen molar-refractivity contribution < 1.29 is 4.79 Å². The molecule has 1 saturated heterocycles. The first-order valence-corrected chi connectivity index (χ1v) is 5.36. The molecule has 16 heavy (non-hydrogen) atoms. The number of carbonyl (C=O) groups excluding carboxylic acids is 1. The van der Waals surface area contributed by atoms with Crippen LogP contribution in [-0.2, 0) is 4.79 Å². The van der Waals surface area contributed by atoms with Crippen molar-refractivity contribution in [3.05, 3.63) is 30.1 Å². The molecule has 0 bridgehead atoms. The second kappa shape index (κ2) is 4.86. The Bertz CT molecular complexity index is 400. The summed E-state index contributed by atoms with van der Waals surface area (Å²) in [5.74, 6) is 0.291. The summed E-state index contributed by atoms with van der Waals surface area (Å²) in [7, 11) is 0. The highest BCUT2D eigenvalue weighted by molar-refractivity contribution is 5.79.